The minimum absolute atomic E-state index is 0.0176. The van der Waals surface area contributed by atoms with Crippen molar-refractivity contribution in [3.8, 4) is 22.6 Å². The maximum absolute atomic E-state index is 7.88. The highest BCUT2D eigenvalue weighted by molar-refractivity contribution is 5.95. The van der Waals surface area contributed by atoms with Gasteiger partial charge in [-0.2, -0.15) is 0 Å². The Labute approximate surface area is 161 Å². The molecule has 0 saturated carbocycles. The summed E-state index contributed by atoms with van der Waals surface area (Å²) in [6, 6.07) is 11.8. The number of anilines is 1. The van der Waals surface area contributed by atoms with Gasteiger partial charge in [-0.05, 0) is 35.4 Å². The van der Waals surface area contributed by atoms with Crippen LogP contribution in [0.4, 0.5) is 5.82 Å². The van der Waals surface area contributed by atoms with Crippen LogP contribution in [0.15, 0.2) is 42.7 Å². The minimum Gasteiger partial charge on any atom is -0.454 e. The summed E-state index contributed by atoms with van der Waals surface area (Å²) in [7, 11) is 1.83. The van der Waals surface area contributed by atoms with Crippen LogP contribution in [0.3, 0.4) is 0 Å². The summed E-state index contributed by atoms with van der Waals surface area (Å²) in [6.07, 6.45) is 1.50. The second kappa shape index (κ2) is 7.15. The van der Waals surface area contributed by atoms with Crippen molar-refractivity contribution in [3.63, 3.8) is 0 Å². The Bertz CT molecular complexity index is 1080. The van der Waals surface area contributed by atoms with Gasteiger partial charge in [0, 0.05) is 19.4 Å². The van der Waals surface area contributed by atoms with Gasteiger partial charge in [-0.25, -0.2) is 9.97 Å². The summed E-state index contributed by atoms with van der Waals surface area (Å²) in [4.78, 5) is 10.5. The minimum atomic E-state index is -0.0197. The van der Waals surface area contributed by atoms with Crippen LogP contribution in [0.25, 0.3) is 22.0 Å². The quantitative estimate of drug-likeness (QED) is 0.533. The molecule has 4 rings (SSSR count). The monoisotopic (exact) mass is 377 g/mol. The molecule has 1 aliphatic heterocycles. The summed E-state index contributed by atoms with van der Waals surface area (Å²) in [5, 5.41) is 16.1. The maximum Gasteiger partial charge on any atom is 0.231 e. The van der Waals surface area contributed by atoms with E-state index in [1.165, 1.54) is 13.3 Å². The van der Waals surface area contributed by atoms with Crippen LogP contribution in [0.2, 0.25) is 0 Å². The highest BCUT2D eigenvalue weighted by Gasteiger charge is 2.16. The third kappa shape index (κ3) is 3.44. The topological polar surface area (TPSA) is 104 Å². The van der Waals surface area contributed by atoms with E-state index in [0.29, 0.717) is 5.82 Å². The van der Waals surface area contributed by atoms with E-state index in [4.69, 9.17) is 25.0 Å². The molecule has 8 heteroatoms. The van der Waals surface area contributed by atoms with Crippen molar-refractivity contribution in [2.45, 2.75) is 6.92 Å². The third-order valence-corrected chi connectivity index (χ3v) is 4.34. The molecule has 142 valence electrons. The van der Waals surface area contributed by atoms with E-state index in [1.807, 2.05) is 43.4 Å². The Morgan fingerprint density at radius 2 is 1.82 bits per heavy atom. The Hall–Kier alpha value is -3.68. The van der Waals surface area contributed by atoms with Crippen LogP contribution in [-0.2, 0) is 4.74 Å². The smallest absolute Gasteiger partial charge is 0.231 e. The molecule has 3 aromatic rings. The lowest BCUT2D eigenvalue weighted by molar-refractivity contribution is 0.174. The van der Waals surface area contributed by atoms with Gasteiger partial charge >= 0.3 is 0 Å². The number of benzene rings is 2. The zero-order valence-corrected chi connectivity index (χ0v) is 15.5. The summed E-state index contributed by atoms with van der Waals surface area (Å²) in [5.41, 5.74) is 2.80. The predicted molar refractivity (Wildman–Crippen MR) is 107 cm³/mol. The van der Waals surface area contributed by atoms with Crippen LogP contribution in [-0.4, -0.2) is 42.1 Å². The maximum atomic E-state index is 7.88. The molecular formula is C20H19N5O3. The first-order chi connectivity index (χ1) is 13.5. The van der Waals surface area contributed by atoms with Crippen LogP contribution < -0.4 is 14.4 Å². The van der Waals surface area contributed by atoms with Gasteiger partial charge in [-0.1, -0.05) is 12.1 Å². The van der Waals surface area contributed by atoms with Crippen molar-refractivity contribution in [1.82, 2.24) is 9.97 Å². The number of nitrogens with zero attached hydrogens (tertiary/aromatic N) is 3. The number of aromatic nitrogens is 2. The lowest BCUT2D eigenvalue weighted by atomic mass is 10.0. The first-order valence-corrected chi connectivity index (χ1v) is 8.67. The first kappa shape index (κ1) is 17.7. The third-order valence-electron chi connectivity index (χ3n) is 4.34. The number of fused-ring (bicyclic) bond motifs is 2. The Morgan fingerprint density at radius 3 is 2.64 bits per heavy atom. The van der Waals surface area contributed by atoms with Crippen LogP contribution in [0, 0.1) is 10.8 Å². The predicted octanol–water partition coefficient (Wildman–Crippen LogP) is 3.45. The fourth-order valence-corrected chi connectivity index (χ4v) is 3.11. The zero-order valence-electron chi connectivity index (χ0n) is 15.5. The second-order valence-electron chi connectivity index (χ2n) is 6.43. The summed E-state index contributed by atoms with van der Waals surface area (Å²) in [6.45, 7) is 1.92. The van der Waals surface area contributed by atoms with E-state index in [1.54, 1.807) is 4.90 Å². The van der Waals surface area contributed by atoms with Gasteiger partial charge in [-0.15, -0.1) is 0 Å². The molecular weight excluding hydrogens is 358 g/mol. The fraction of sp³-hybridized carbons (Fsp3) is 0.200. The van der Waals surface area contributed by atoms with E-state index in [0.717, 1.165) is 33.5 Å². The molecule has 1 aromatic heterocycles. The molecule has 2 heterocycles. The van der Waals surface area contributed by atoms with Crippen molar-refractivity contribution in [2.75, 3.05) is 25.3 Å². The molecule has 0 atom stereocenters. The van der Waals surface area contributed by atoms with Gasteiger partial charge in [0.1, 0.15) is 12.1 Å². The van der Waals surface area contributed by atoms with E-state index >= 15 is 0 Å². The van der Waals surface area contributed by atoms with Crippen LogP contribution in [0.1, 0.15) is 6.92 Å². The molecule has 0 spiro atoms. The SMILES string of the molecule is CC(=N)OC(=N)CN(C)c1ncnc2ccc(-c3ccc4c(c3)OCO4)cc12. The lowest BCUT2D eigenvalue weighted by Crippen LogP contribution is -2.28. The van der Waals surface area contributed by atoms with Gasteiger partial charge in [0.15, 0.2) is 17.4 Å². The van der Waals surface area contributed by atoms with Crippen LogP contribution in [0.5, 0.6) is 11.5 Å². The number of rotatable bonds is 4. The van der Waals surface area contributed by atoms with Gasteiger partial charge in [-0.3, -0.25) is 10.8 Å². The summed E-state index contributed by atoms with van der Waals surface area (Å²) >= 11 is 0. The molecule has 1 aliphatic rings. The molecule has 8 nitrogen and oxygen atoms in total. The lowest BCUT2D eigenvalue weighted by Gasteiger charge is -2.20. The number of ether oxygens (including phenoxy) is 3. The number of likely N-dealkylation sites (N-methyl/N-ethyl adjacent to an activating group) is 1. The van der Waals surface area contributed by atoms with Gasteiger partial charge in [0.05, 0.1) is 12.1 Å². The van der Waals surface area contributed by atoms with Gasteiger partial charge in [0.2, 0.25) is 12.7 Å². The Kier molecular flexibility index (Phi) is 4.52. The second-order valence-corrected chi connectivity index (χ2v) is 6.43. The molecule has 0 bridgehead atoms. The van der Waals surface area contributed by atoms with E-state index in [-0.39, 0.29) is 25.1 Å². The average Bonchev–Trinajstić information content (AvgIpc) is 3.14. The molecule has 28 heavy (non-hydrogen) atoms. The van der Waals surface area contributed by atoms with Crippen molar-refractivity contribution >= 4 is 28.5 Å². The van der Waals surface area contributed by atoms with Gasteiger partial charge in [0.25, 0.3) is 0 Å². The van der Waals surface area contributed by atoms with Crippen LogP contribution >= 0.6 is 0 Å². The zero-order chi connectivity index (χ0) is 19.7. The molecule has 2 N–H and O–H groups in total. The molecule has 0 aliphatic carbocycles. The average molecular weight is 377 g/mol. The largest absolute Gasteiger partial charge is 0.454 e. The van der Waals surface area contributed by atoms with Crippen molar-refractivity contribution in [2.24, 2.45) is 0 Å². The van der Waals surface area contributed by atoms with Gasteiger partial charge < -0.3 is 19.1 Å². The standard InChI is InChI=1S/C20H19N5O3/c1-12(21)28-19(22)9-25(2)20-15-7-13(3-5-16(15)23-10-24-20)14-4-6-17-18(8-14)27-11-26-17/h3-8,10,21-22H,9,11H2,1-2H3. The molecule has 0 amide bonds. The highest BCUT2D eigenvalue weighted by atomic mass is 16.7. The normalized spacial score (nSPS) is 12.1. The summed E-state index contributed by atoms with van der Waals surface area (Å²) < 4.78 is 15.9. The Balaban J connectivity index is 1.69. The molecule has 0 unspecified atom stereocenters. The van der Waals surface area contributed by atoms with E-state index < -0.39 is 0 Å². The highest BCUT2D eigenvalue weighted by Crippen LogP contribution is 2.37. The number of hydrogen-bond donors (Lipinski definition) is 2. The van der Waals surface area contributed by atoms with Crippen molar-refractivity contribution in [3.05, 3.63) is 42.7 Å². The Morgan fingerprint density at radius 1 is 1.07 bits per heavy atom. The van der Waals surface area contributed by atoms with E-state index in [9.17, 15) is 0 Å². The van der Waals surface area contributed by atoms with Crippen molar-refractivity contribution in [1.29, 1.82) is 10.8 Å². The number of nitrogens with one attached hydrogen (secondary N) is 2. The number of hydrogen-bond acceptors (Lipinski definition) is 8. The molecule has 0 fully saturated rings. The van der Waals surface area contributed by atoms with E-state index in [2.05, 4.69) is 9.97 Å². The molecule has 0 saturated heterocycles. The first-order valence-electron chi connectivity index (χ1n) is 8.67. The van der Waals surface area contributed by atoms with Crippen molar-refractivity contribution < 1.29 is 14.2 Å². The molecule has 0 radical (unpaired) electrons. The fourth-order valence-electron chi connectivity index (χ4n) is 3.11. The molecule has 2 aromatic carbocycles. The summed E-state index contributed by atoms with van der Waals surface area (Å²) in [5.74, 6) is 2.12.